The molecule has 0 saturated heterocycles. The molecule has 0 radical (unpaired) electrons. The third-order valence-electron chi connectivity index (χ3n) is 7.74. The van der Waals surface area contributed by atoms with Crippen molar-refractivity contribution in [2.75, 3.05) is 30.3 Å². The average molecular weight is 698 g/mol. The van der Waals surface area contributed by atoms with Crippen LogP contribution in [0, 0.1) is 0 Å². The van der Waals surface area contributed by atoms with Crippen LogP contribution in [0.25, 0.3) is 10.8 Å². The first-order valence-electron chi connectivity index (χ1n) is 15.7. The van der Waals surface area contributed by atoms with Crippen LogP contribution in [0.3, 0.4) is 0 Å². The van der Waals surface area contributed by atoms with Crippen LogP contribution in [0.1, 0.15) is 63.0 Å². The summed E-state index contributed by atoms with van der Waals surface area (Å²) in [5.74, 6) is -2.39. The van der Waals surface area contributed by atoms with E-state index in [2.05, 4.69) is 10.1 Å². The molecule has 0 aliphatic carbocycles. The summed E-state index contributed by atoms with van der Waals surface area (Å²) in [7, 11) is 0. The van der Waals surface area contributed by atoms with E-state index in [-0.39, 0.29) is 44.2 Å². The van der Waals surface area contributed by atoms with E-state index in [9.17, 15) is 33.9 Å². The van der Waals surface area contributed by atoms with E-state index in [4.69, 9.17) is 14.2 Å². The number of hydrogen-bond donors (Lipinski definition) is 2. The summed E-state index contributed by atoms with van der Waals surface area (Å²) >= 11 is 0. The first-order valence-corrected chi connectivity index (χ1v) is 15.7. The summed E-state index contributed by atoms with van der Waals surface area (Å²) in [6, 6.07) is 20.1. The Kier molecular flexibility index (Phi) is 10.8. The predicted octanol–water partition coefficient (Wildman–Crippen LogP) is 4.73. The maximum atomic E-state index is 13.7. The smallest absolute Gasteiger partial charge is 0.338 e. The van der Waals surface area contributed by atoms with Gasteiger partial charge in [-0.2, -0.15) is 0 Å². The first kappa shape index (κ1) is 35.9. The van der Waals surface area contributed by atoms with Crippen molar-refractivity contribution < 1.29 is 52.8 Å². The number of rotatable bonds is 16. The summed E-state index contributed by atoms with van der Waals surface area (Å²) in [6.07, 6.45) is 0. The molecule has 51 heavy (non-hydrogen) atoms. The number of imide groups is 1. The van der Waals surface area contributed by atoms with Gasteiger partial charge >= 0.3 is 11.9 Å². The molecule has 2 amide bonds. The van der Waals surface area contributed by atoms with Gasteiger partial charge < -0.3 is 34.3 Å². The zero-order valence-corrected chi connectivity index (χ0v) is 28.0. The van der Waals surface area contributed by atoms with Crippen LogP contribution in [0.5, 0.6) is 5.75 Å². The van der Waals surface area contributed by atoms with Gasteiger partial charge in [-0.3, -0.25) is 28.9 Å². The van der Waals surface area contributed by atoms with E-state index in [1.165, 1.54) is 9.80 Å². The van der Waals surface area contributed by atoms with Gasteiger partial charge in [0.15, 0.2) is 6.73 Å². The van der Waals surface area contributed by atoms with Gasteiger partial charge in [0.05, 0.1) is 17.8 Å². The Morgan fingerprint density at radius 2 is 1.57 bits per heavy atom. The second-order valence-corrected chi connectivity index (χ2v) is 12.4. The molecule has 4 aromatic carbocycles. The fraction of sp³-hybridized carbons (Fsp3) is 0.243. The molecule has 5 rings (SSSR count). The molecule has 0 atom stereocenters. The van der Waals surface area contributed by atoms with Crippen molar-refractivity contribution in [2.45, 2.75) is 39.5 Å². The number of carbonyl (C=O) groups is 6. The molecule has 14 heteroatoms. The summed E-state index contributed by atoms with van der Waals surface area (Å²) in [5, 5.41) is 13.9. The van der Waals surface area contributed by atoms with Crippen LogP contribution in [-0.4, -0.2) is 72.4 Å². The Balaban J connectivity index is 1.36. The third kappa shape index (κ3) is 8.41. The minimum Gasteiger partial charge on any atom is -0.480 e. The van der Waals surface area contributed by atoms with Crippen LogP contribution in [0.4, 0.5) is 11.4 Å². The van der Waals surface area contributed by atoms with Gasteiger partial charge in [0.25, 0.3) is 24.8 Å². The number of benzene rings is 4. The number of aliphatic carboxylic acids is 1. The Morgan fingerprint density at radius 1 is 0.882 bits per heavy atom. The minimum absolute atomic E-state index is 0.00550. The highest BCUT2D eigenvalue weighted by Crippen LogP contribution is 2.36. The second-order valence-electron chi connectivity index (χ2n) is 12.4. The van der Waals surface area contributed by atoms with Crippen LogP contribution in [-0.2, 0) is 41.7 Å². The third-order valence-corrected chi connectivity index (χ3v) is 7.74. The highest BCUT2D eigenvalue weighted by atomic mass is 16.7. The predicted molar refractivity (Wildman–Crippen MR) is 183 cm³/mol. The molecule has 14 nitrogen and oxygen atoms in total. The number of carboxylic acids is 1. The molecule has 0 fully saturated rings. The molecule has 0 saturated carbocycles. The van der Waals surface area contributed by atoms with E-state index >= 15 is 0 Å². The lowest BCUT2D eigenvalue weighted by molar-refractivity contribution is -0.136. The largest absolute Gasteiger partial charge is 0.480 e. The van der Waals surface area contributed by atoms with E-state index < -0.39 is 42.7 Å². The number of ether oxygens (including phenoxy) is 4. The summed E-state index contributed by atoms with van der Waals surface area (Å²) in [6.45, 7) is 4.65. The Labute approximate surface area is 292 Å². The summed E-state index contributed by atoms with van der Waals surface area (Å²) in [5.41, 5.74) is 2.70. The number of nitrogens with zero attached hydrogens (tertiary/aromatic N) is 2. The van der Waals surface area contributed by atoms with Crippen molar-refractivity contribution in [1.82, 2.24) is 4.90 Å². The highest BCUT2D eigenvalue weighted by Gasteiger charge is 2.33. The lowest BCUT2D eigenvalue weighted by Crippen LogP contribution is -2.39. The fourth-order valence-electron chi connectivity index (χ4n) is 5.56. The fourth-order valence-corrected chi connectivity index (χ4v) is 5.56. The molecular formula is C37H35N3O11. The zero-order valence-electron chi connectivity index (χ0n) is 28.0. The van der Waals surface area contributed by atoms with Crippen molar-refractivity contribution in [3.8, 4) is 5.75 Å². The number of carbonyl (C=O) groups excluding carboxylic acids is 5. The highest BCUT2D eigenvalue weighted by molar-refractivity contribution is 6.26. The molecule has 264 valence electrons. The van der Waals surface area contributed by atoms with E-state index in [0.717, 1.165) is 0 Å². The molecule has 4 aromatic rings. The number of esters is 1. The van der Waals surface area contributed by atoms with Gasteiger partial charge in [-0.15, -0.1) is 0 Å². The summed E-state index contributed by atoms with van der Waals surface area (Å²) < 4.78 is 20.4. The number of amides is 2. The first-order chi connectivity index (χ1) is 24.4. The van der Waals surface area contributed by atoms with E-state index in [1.54, 1.807) is 87.5 Å². The normalized spacial score (nSPS) is 12.3. The molecule has 1 aliphatic rings. The van der Waals surface area contributed by atoms with E-state index in [0.29, 0.717) is 44.3 Å². The van der Waals surface area contributed by atoms with Gasteiger partial charge in [-0.1, -0.05) is 30.3 Å². The second kappa shape index (κ2) is 15.4. The van der Waals surface area contributed by atoms with Crippen LogP contribution in [0.15, 0.2) is 72.8 Å². The standard InChI is InChI=1S/C37H35N3O11/c1-37(2,3)51-36(47)25-10-7-23(8-11-25)17-40-34(45)27-6-4-5-26-29(13-12-28(33(26)27)35(40)46)38-16-24-9-14-30(31(15-24)50-22-49-21-42)39(18-32(43)44)19-48-20-41/h4-15,20-21,38H,16-19,22H2,1-3H3,(H,43,44). The Morgan fingerprint density at radius 3 is 2.24 bits per heavy atom. The molecule has 0 unspecified atom stereocenters. The number of anilines is 2. The van der Waals surface area contributed by atoms with Gasteiger partial charge in [0, 0.05) is 34.1 Å². The maximum Gasteiger partial charge on any atom is 0.338 e. The monoisotopic (exact) mass is 697 g/mol. The number of hydrogen-bond acceptors (Lipinski definition) is 12. The molecule has 2 N–H and O–H groups in total. The van der Waals surface area contributed by atoms with Crippen molar-refractivity contribution in [2.24, 2.45) is 0 Å². The summed E-state index contributed by atoms with van der Waals surface area (Å²) in [4.78, 5) is 75.2. The molecule has 1 aliphatic heterocycles. The van der Waals surface area contributed by atoms with Crippen molar-refractivity contribution >= 4 is 58.8 Å². The van der Waals surface area contributed by atoms with Crippen molar-refractivity contribution in [3.63, 3.8) is 0 Å². The Hall–Kier alpha value is -6.44. The van der Waals surface area contributed by atoms with Gasteiger partial charge in [-0.05, 0) is 74.4 Å². The lowest BCUT2D eigenvalue weighted by atomic mass is 9.92. The molecule has 0 aromatic heterocycles. The topological polar surface area (TPSA) is 178 Å². The van der Waals surface area contributed by atoms with Crippen LogP contribution in [0.2, 0.25) is 0 Å². The molecular weight excluding hydrogens is 662 g/mol. The molecule has 0 spiro atoms. The quantitative estimate of drug-likeness (QED) is 0.0410. The van der Waals surface area contributed by atoms with Gasteiger partial charge in [0.2, 0.25) is 6.79 Å². The molecule has 0 bridgehead atoms. The van der Waals surface area contributed by atoms with Crippen molar-refractivity contribution in [1.29, 1.82) is 0 Å². The Bertz CT molecular complexity index is 1960. The van der Waals surface area contributed by atoms with Crippen molar-refractivity contribution in [3.05, 3.63) is 101 Å². The number of carboxylic acid groups (broad SMARTS) is 1. The maximum absolute atomic E-state index is 13.7. The zero-order chi connectivity index (χ0) is 36.7. The van der Waals surface area contributed by atoms with Gasteiger partial charge in [0.1, 0.15) is 17.9 Å². The van der Waals surface area contributed by atoms with Gasteiger partial charge in [-0.25, -0.2) is 4.79 Å². The SMILES string of the molecule is CC(C)(C)OC(=O)c1ccc(CN2C(=O)c3cccc4c(NCc5ccc(N(COC=O)CC(=O)O)c(OCOC=O)c5)ccc(c34)C2=O)cc1. The average Bonchev–Trinajstić information content (AvgIpc) is 3.09. The van der Waals surface area contributed by atoms with E-state index in [1.807, 2.05) is 6.07 Å². The number of nitrogens with one attached hydrogen (secondary N) is 1. The minimum atomic E-state index is -1.18. The van der Waals surface area contributed by atoms with Crippen LogP contribution >= 0.6 is 0 Å². The van der Waals surface area contributed by atoms with Crippen LogP contribution < -0.4 is 15.0 Å². The molecule has 1 heterocycles. The lowest BCUT2D eigenvalue weighted by Gasteiger charge is -2.28.